The molecular formula is C18H18FN3O2. The lowest BCUT2D eigenvalue weighted by Gasteiger charge is -2.20. The second kappa shape index (κ2) is 6.20. The first kappa shape index (κ1) is 15.1. The van der Waals surface area contributed by atoms with Crippen LogP contribution < -0.4 is 0 Å². The van der Waals surface area contributed by atoms with E-state index in [-0.39, 0.29) is 11.9 Å². The van der Waals surface area contributed by atoms with E-state index in [2.05, 4.69) is 15.0 Å². The van der Waals surface area contributed by atoms with Gasteiger partial charge in [-0.15, -0.1) is 0 Å². The predicted molar refractivity (Wildman–Crippen MR) is 85.5 cm³/mol. The summed E-state index contributed by atoms with van der Waals surface area (Å²) in [6, 6.07) is 8.48. The normalized spacial score (nSPS) is 18.3. The van der Waals surface area contributed by atoms with Crippen LogP contribution in [0.15, 0.2) is 45.5 Å². The van der Waals surface area contributed by atoms with Crippen molar-refractivity contribution in [2.45, 2.75) is 32.4 Å². The molecule has 3 heterocycles. The van der Waals surface area contributed by atoms with Crippen LogP contribution in [-0.4, -0.2) is 21.6 Å². The number of benzene rings is 1. The summed E-state index contributed by atoms with van der Waals surface area (Å²) in [6.45, 7) is 3.57. The molecule has 5 nitrogen and oxygen atoms in total. The first-order valence-electron chi connectivity index (χ1n) is 8.06. The van der Waals surface area contributed by atoms with Gasteiger partial charge in [0, 0.05) is 18.2 Å². The average Bonchev–Trinajstić information content (AvgIpc) is 3.28. The van der Waals surface area contributed by atoms with E-state index in [9.17, 15) is 4.39 Å². The highest BCUT2D eigenvalue weighted by Crippen LogP contribution is 2.33. The van der Waals surface area contributed by atoms with E-state index < -0.39 is 0 Å². The van der Waals surface area contributed by atoms with Crippen LogP contribution in [0.4, 0.5) is 4.39 Å². The minimum absolute atomic E-state index is 0.223. The number of nitrogens with zero attached hydrogens (tertiary/aromatic N) is 3. The molecule has 3 aromatic rings. The Labute approximate surface area is 139 Å². The van der Waals surface area contributed by atoms with Crippen LogP contribution in [0.1, 0.15) is 36.0 Å². The minimum atomic E-state index is -0.299. The zero-order chi connectivity index (χ0) is 16.5. The van der Waals surface area contributed by atoms with Crippen LogP contribution in [0.5, 0.6) is 0 Å². The Bertz CT molecular complexity index is 842. The smallest absolute Gasteiger partial charge is 0.226 e. The Morgan fingerprint density at radius 1 is 1.33 bits per heavy atom. The lowest BCUT2D eigenvalue weighted by atomic mass is 10.1. The summed E-state index contributed by atoms with van der Waals surface area (Å²) in [5, 5.41) is 3.98. The Hall–Kier alpha value is -2.47. The molecule has 0 bridgehead atoms. The van der Waals surface area contributed by atoms with Crippen molar-refractivity contribution in [1.29, 1.82) is 0 Å². The van der Waals surface area contributed by atoms with Crippen molar-refractivity contribution in [3.8, 4) is 11.5 Å². The molecule has 0 N–H and O–H groups in total. The van der Waals surface area contributed by atoms with E-state index in [4.69, 9.17) is 8.94 Å². The van der Waals surface area contributed by atoms with Gasteiger partial charge in [0.25, 0.3) is 0 Å². The molecule has 2 aromatic heterocycles. The van der Waals surface area contributed by atoms with Crippen molar-refractivity contribution in [1.82, 2.24) is 15.0 Å². The van der Waals surface area contributed by atoms with E-state index in [1.165, 1.54) is 12.1 Å². The van der Waals surface area contributed by atoms with Gasteiger partial charge in [-0.05, 0) is 44.5 Å². The summed E-state index contributed by atoms with van der Waals surface area (Å²) in [7, 11) is 0. The van der Waals surface area contributed by atoms with Crippen LogP contribution in [0.25, 0.3) is 11.5 Å². The molecule has 4 rings (SSSR count). The molecule has 0 radical (unpaired) electrons. The summed E-state index contributed by atoms with van der Waals surface area (Å²) < 4.78 is 24.3. The molecule has 6 heteroatoms. The molecule has 1 aliphatic rings. The Balaban J connectivity index is 1.51. The van der Waals surface area contributed by atoms with Crippen molar-refractivity contribution in [3.63, 3.8) is 0 Å². The van der Waals surface area contributed by atoms with E-state index in [0.717, 1.165) is 36.5 Å². The number of hydrogen-bond acceptors (Lipinski definition) is 5. The van der Waals surface area contributed by atoms with Crippen LogP contribution in [0.3, 0.4) is 0 Å². The predicted octanol–water partition coefficient (Wildman–Crippen LogP) is 4.11. The summed E-state index contributed by atoms with van der Waals surface area (Å²) in [4.78, 5) is 6.81. The van der Waals surface area contributed by atoms with Gasteiger partial charge in [-0.1, -0.05) is 11.2 Å². The number of oxazole rings is 1. The molecule has 0 amide bonds. The van der Waals surface area contributed by atoms with Gasteiger partial charge in [-0.3, -0.25) is 4.90 Å². The zero-order valence-electron chi connectivity index (χ0n) is 13.4. The summed E-state index contributed by atoms with van der Waals surface area (Å²) in [5.41, 5.74) is 2.37. The maximum Gasteiger partial charge on any atom is 0.226 e. The highest BCUT2D eigenvalue weighted by Gasteiger charge is 2.29. The summed E-state index contributed by atoms with van der Waals surface area (Å²) >= 11 is 0. The highest BCUT2D eigenvalue weighted by atomic mass is 19.1. The third-order valence-corrected chi connectivity index (χ3v) is 4.33. The van der Waals surface area contributed by atoms with Gasteiger partial charge in [0.1, 0.15) is 12.1 Å². The number of aryl methyl sites for hydroxylation is 1. The fourth-order valence-electron chi connectivity index (χ4n) is 3.22. The van der Waals surface area contributed by atoms with E-state index in [1.807, 2.05) is 13.0 Å². The van der Waals surface area contributed by atoms with Gasteiger partial charge in [-0.2, -0.15) is 0 Å². The van der Waals surface area contributed by atoms with E-state index in [1.54, 1.807) is 18.4 Å². The SMILES string of the molecule is Cc1cc([C@H]2CCCN2Cc2coc(-c3cccc(F)c3)n2)on1. The van der Waals surface area contributed by atoms with Crippen molar-refractivity contribution in [3.05, 3.63) is 59.6 Å². The molecular weight excluding hydrogens is 309 g/mol. The molecule has 0 aliphatic carbocycles. The molecule has 1 atom stereocenters. The molecule has 124 valence electrons. The van der Waals surface area contributed by atoms with Crippen molar-refractivity contribution < 1.29 is 13.3 Å². The maximum atomic E-state index is 13.3. The number of likely N-dealkylation sites (tertiary alicyclic amines) is 1. The second-order valence-electron chi connectivity index (χ2n) is 6.15. The quantitative estimate of drug-likeness (QED) is 0.721. The third kappa shape index (κ3) is 2.97. The largest absolute Gasteiger partial charge is 0.444 e. The molecule has 1 aromatic carbocycles. The van der Waals surface area contributed by atoms with Gasteiger partial charge < -0.3 is 8.94 Å². The topological polar surface area (TPSA) is 55.3 Å². The number of hydrogen-bond donors (Lipinski definition) is 0. The lowest BCUT2D eigenvalue weighted by Crippen LogP contribution is -2.22. The molecule has 0 spiro atoms. The van der Waals surface area contributed by atoms with Gasteiger partial charge in [0.2, 0.25) is 5.89 Å². The molecule has 0 saturated carbocycles. The second-order valence-corrected chi connectivity index (χ2v) is 6.15. The molecule has 1 saturated heterocycles. The minimum Gasteiger partial charge on any atom is -0.444 e. The molecule has 1 aliphatic heterocycles. The molecule has 24 heavy (non-hydrogen) atoms. The summed E-state index contributed by atoms with van der Waals surface area (Å²) in [5.74, 6) is 1.04. The van der Waals surface area contributed by atoms with Crippen LogP contribution in [0.2, 0.25) is 0 Å². The first-order valence-corrected chi connectivity index (χ1v) is 8.06. The van der Waals surface area contributed by atoms with Crippen LogP contribution >= 0.6 is 0 Å². The van der Waals surface area contributed by atoms with Crippen LogP contribution in [-0.2, 0) is 6.54 Å². The molecule has 0 unspecified atom stereocenters. The van der Waals surface area contributed by atoms with Crippen LogP contribution in [0, 0.1) is 12.7 Å². The Kier molecular flexibility index (Phi) is 3.90. The van der Waals surface area contributed by atoms with Gasteiger partial charge >= 0.3 is 0 Å². The van der Waals surface area contributed by atoms with Gasteiger partial charge in [0.15, 0.2) is 5.76 Å². The number of rotatable bonds is 4. The third-order valence-electron chi connectivity index (χ3n) is 4.33. The fourth-order valence-corrected chi connectivity index (χ4v) is 3.22. The Morgan fingerprint density at radius 2 is 2.25 bits per heavy atom. The fraction of sp³-hybridized carbons (Fsp3) is 0.333. The average molecular weight is 327 g/mol. The lowest BCUT2D eigenvalue weighted by molar-refractivity contribution is 0.204. The van der Waals surface area contributed by atoms with Gasteiger partial charge in [0.05, 0.1) is 17.4 Å². The monoisotopic (exact) mass is 327 g/mol. The van der Waals surface area contributed by atoms with Crippen molar-refractivity contribution in [2.24, 2.45) is 0 Å². The standard InChI is InChI=1S/C18H18FN3O2/c1-12-8-17(24-21-12)16-6-3-7-22(16)10-15-11-23-18(20-15)13-4-2-5-14(19)9-13/h2,4-5,8-9,11,16H,3,6-7,10H2,1H3/t16-/m1/s1. The number of halogens is 1. The zero-order valence-corrected chi connectivity index (χ0v) is 13.4. The maximum absolute atomic E-state index is 13.3. The highest BCUT2D eigenvalue weighted by molar-refractivity contribution is 5.52. The van der Waals surface area contributed by atoms with E-state index >= 15 is 0 Å². The molecule has 1 fully saturated rings. The van der Waals surface area contributed by atoms with Crippen molar-refractivity contribution >= 4 is 0 Å². The Morgan fingerprint density at radius 3 is 3.04 bits per heavy atom. The summed E-state index contributed by atoms with van der Waals surface area (Å²) in [6.07, 6.45) is 3.80. The van der Waals surface area contributed by atoms with Crippen molar-refractivity contribution in [2.75, 3.05) is 6.54 Å². The first-order chi connectivity index (χ1) is 11.7. The number of aromatic nitrogens is 2. The van der Waals surface area contributed by atoms with E-state index in [0.29, 0.717) is 18.0 Å². The van der Waals surface area contributed by atoms with Gasteiger partial charge in [-0.25, -0.2) is 9.37 Å².